The zero-order chi connectivity index (χ0) is 13.8. The highest BCUT2D eigenvalue weighted by Crippen LogP contribution is 2.17. The number of benzene rings is 2. The first kappa shape index (κ1) is 13.0. The van der Waals surface area contributed by atoms with Gasteiger partial charge in [0.1, 0.15) is 5.75 Å². The van der Waals surface area contributed by atoms with Crippen molar-refractivity contribution in [3.63, 3.8) is 0 Å². The molecule has 0 atom stereocenters. The van der Waals surface area contributed by atoms with Crippen LogP contribution in [0.1, 0.15) is 28.4 Å². The standard InChI is InChI=1S/C16H14O3/c1-11-6-8-13(9-7-11)16(18)14-4-3-5-15(10-14)19-12(2)17/h3-10H,1-2H3. The summed E-state index contributed by atoms with van der Waals surface area (Å²) in [7, 11) is 0. The molecule has 0 bridgehead atoms. The number of carbonyl (C=O) groups excluding carboxylic acids is 2. The number of esters is 1. The number of carbonyl (C=O) groups is 2. The van der Waals surface area contributed by atoms with Crippen molar-refractivity contribution in [1.82, 2.24) is 0 Å². The summed E-state index contributed by atoms with van der Waals surface area (Å²) in [5.41, 5.74) is 2.22. The van der Waals surface area contributed by atoms with Crippen LogP contribution >= 0.6 is 0 Å². The molecule has 0 heterocycles. The zero-order valence-corrected chi connectivity index (χ0v) is 10.8. The Morgan fingerprint density at radius 3 is 2.26 bits per heavy atom. The fraction of sp³-hybridized carbons (Fsp3) is 0.125. The van der Waals surface area contributed by atoms with Gasteiger partial charge in [-0.2, -0.15) is 0 Å². The minimum absolute atomic E-state index is 0.0889. The van der Waals surface area contributed by atoms with E-state index in [0.29, 0.717) is 16.9 Å². The molecule has 0 saturated carbocycles. The molecule has 0 aromatic heterocycles. The Kier molecular flexibility index (Phi) is 3.76. The minimum Gasteiger partial charge on any atom is -0.427 e. The van der Waals surface area contributed by atoms with E-state index in [1.807, 2.05) is 19.1 Å². The van der Waals surface area contributed by atoms with E-state index in [1.165, 1.54) is 6.92 Å². The first-order chi connectivity index (χ1) is 9.06. The molecule has 2 aromatic carbocycles. The van der Waals surface area contributed by atoms with Crippen molar-refractivity contribution >= 4 is 11.8 Å². The summed E-state index contributed by atoms with van der Waals surface area (Å²) in [6, 6.07) is 14.0. The van der Waals surface area contributed by atoms with Crippen LogP contribution in [0.5, 0.6) is 5.75 Å². The Balaban J connectivity index is 2.28. The lowest BCUT2D eigenvalue weighted by Crippen LogP contribution is -2.04. The molecular weight excluding hydrogens is 240 g/mol. The molecule has 2 aromatic rings. The molecule has 0 unspecified atom stereocenters. The molecule has 0 N–H and O–H groups in total. The van der Waals surface area contributed by atoms with Gasteiger partial charge in [-0.15, -0.1) is 0 Å². The second kappa shape index (κ2) is 5.48. The fourth-order valence-corrected chi connectivity index (χ4v) is 1.74. The lowest BCUT2D eigenvalue weighted by atomic mass is 10.0. The topological polar surface area (TPSA) is 43.4 Å². The Morgan fingerprint density at radius 1 is 0.947 bits per heavy atom. The number of hydrogen-bond donors (Lipinski definition) is 0. The van der Waals surface area contributed by atoms with E-state index in [-0.39, 0.29) is 5.78 Å². The third kappa shape index (κ3) is 3.28. The first-order valence-corrected chi connectivity index (χ1v) is 5.96. The van der Waals surface area contributed by atoms with E-state index in [9.17, 15) is 9.59 Å². The molecule has 0 fully saturated rings. The molecule has 0 aliphatic rings. The second-order valence-corrected chi connectivity index (χ2v) is 4.32. The first-order valence-electron chi connectivity index (χ1n) is 5.96. The van der Waals surface area contributed by atoms with Crippen LogP contribution in [0, 0.1) is 6.92 Å². The summed E-state index contributed by atoms with van der Waals surface area (Å²) in [6.07, 6.45) is 0. The van der Waals surface area contributed by atoms with E-state index in [1.54, 1.807) is 36.4 Å². The van der Waals surface area contributed by atoms with Crippen molar-refractivity contribution in [2.75, 3.05) is 0 Å². The van der Waals surface area contributed by atoms with Crippen LogP contribution in [0.2, 0.25) is 0 Å². The van der Waals surface area contributed by atoms with Gasteiger partial charge >= 0.3 is 5.97 Å². The molecule has 0 spiro atoms. The van der Waals surface area contributed by atoms with Gasteiger partial charge in [0.2, 0.25) is 0 Å². The summed E-state index contributed by atoms with van der Waals surface area (Å²) in [5.74, 6) is -0.112. The van der Waals surface area contributed by atoms with E-state index in [2.05, 4.69) is 0 Å². The molecule has 0 amide bonds. The molecule has 19 heavy (non-hydrogen) atoms. The molecule has 0 radical (unpaired) electrons. The normalized spacial score (nSPS) is 10.0. The fourth-order valence-electron chi connectivity index (χ4n) is 1.74. The number of ketones is 1. The van der Waals surface area contributed by atoms with Crippen molar-refractivity contribution < 1.29 is 14.3 Å². The Morgan fingerprint density at radius 2 is 1.63 bits per heavy atom. The molecular formula is C16H14O3. The summed E-state index contributed by atoms with van der Waals surface area (Å²) in [6.45, 7) is 3.30. The molecule has 96 valence electrons. The van der Waals surface area contributed by atoms with Crippen LogP contribution in [0.25, 0.3) is 0 Å². The van der Waals surface area contributed by atoms with Crippen LogP contribution < -0.4 is 4.74 Å². The lowest BCUT2D eigenvalue weighted by molar-refractivity contribution is -0.131. The molecule has 0 aliphatic carbocycles. The number of hydrogen-bond acceptors (Lipinski definition) is 3. The third-order valence-electron chi connectivity index (χ3n) is 2.67. The smallest absolute Gasteiger partial charge is 0.308 e. The van der Waals surface area contributed by atoms with Crippen LogP contribution in [-0.4, -0.2) is 11.8 Å². The van der Waals surface area contributed by atoms with Gasteiger partial charge in [0, 0.05) is 18.1 Å². The van der Waals surface area contributed by atoms with Crippen LogP contribution in [-0.2, 0) is 4.79 Å². The summed E-state index contributed by atoms with van der Waals surface area (Å²) >= 11 is 0. The monoisotopic (exact) mass is 254 g/mol. The van der Waals surface area contributed by atoms with Crippen LogP contribution in [0.3, 0.4) is 0 Å². The van der Waals surface area contributed by atoms with Crippen LogP contribution in [0.4, 0.5) is 0 Å². The van der Waals surface area contributed by atoms with Gasteiger partial charge in [0.05, 0.1) is 0 Å². The van der Waals surface area contributed by atoms with Gasteiger partial charge in [-0.25, -0.2) is 0 Å². The predicted octanol–water partition coefficient (Wildman–Crippen LogP) is 3.15. The van der Waals surface area contributed by atoms with E-state index >= 15 is 0 Å². The predicted molar refractivity (Wildman–Crippen MR) is 72.4 cm³/mol. The van der Waals surface area contributed by atoms with E-state index in [0.717, 1.165) is 5.56 Å². The van der Waals surface area contributed by atoms with Gasteiger partial charge in [0.15, 0.2) is 5.78 Å². The van der Waals surface area contributed by atoms with Gasteiger partial charge in [-0.05, 0) is 19.1 Å². The van der Waals surface area contributed by atoms with Crippen molar-refractivity contribution in [2.45, 2.75) is 13.8 Å². The van der Waals surface area contributed by atoms with E-state index < -0.39 is 5.97 Å². The quantitative estimate of drug-likeness (QED) is 0.480. The summed E-state index contributed by atoms with van der Waals surface area (Å²) < 4.78 is 4.97. The lowest BCUT2D eigenvalue weighted by Gasteiger charge is -2.05. The maximum Gasteiger partial charge on any atom is 0.308 e. The maximum absolute atomic E-state index is 12.3. The third-order valence-corrected chi connectivity index (χ3v) is 2.67. The SMILES string of the molecule is CC(=O)Oc1cccc(C(=O)c2ccc(C)cc2)c1. The average Bonchev–Trinajstić information content (AvgIpc) is 2.38. The Labute approximate surface area is 111 Å². The molecule has 0 saturated heterocycles. The van der Waals surface area contributed by atoms with Crippen molar-refractivity contribution in [3.05, 3.63) is 65.2 Å². The Bertz CT molecular complexity index is 612. The molecule has 3 nitrogen and oxygen atoms in total. The summed E-state index contributed by atoms with van der Waals surface area (Å²) in [5, 5.41) is 0. The Hall–Kier alpha value is -2.42. The van der Waals surface area contributed by atoms with Crippen molar-refractivity contribution in [2.24, 2.45) is 0 Å². The molecule has 2 rings (SSSR count). The van der Waals surface area contributed by atoms with Gasteiger partial charge in [-0.1, -0.05) is 42.0 Å². The molecule has 0 aliphatic heterocycles. The highest BCUT2D eigenvalue weighted by Gasteiger charge is 2.10. The largest absolute Gasteiger partial charge is 0.427 e. The van der Waals surface area contributed by atoms with Crippen LogP contribution in [0.15, 0.2) is 48.5 Å². The average molecular weight is 254 g/mol. The van der Waals surface area contributed by atoms with Gasteiger partial charge in [0.25, 0.3) is 0 Å². The summed E-state index contributed by atoms with van der Waals surface area (Å²) in [4.78, 5) is 23.1. The highest BCUT2D eigenvalue weighted by molar-refractivity contribution is 6.09. The number of ether oxygens (including phenoxy) is 1. The second-order valence-electron chi connectivity index (χ2n) is 4.32. The molecule has 3 heteroatoms. The maximum atomic E-state index is 12.3. The zero-order valence-electron chi connectivity index (χ0n) is 10.8. The van der Waals surface area contributed by atoms with Gasteiger partial charge in [-0.3, -0.25) is 9.59 Å². The van der Waals surface area contributed by atoms with Crippen molar-refractivity contribution in [1.29, 1.82) is 0 Å². The minimum atomic E-state index is -0.403. The van der Waals surface area contributed by atoms with E-state index in [4.69, 9.17) is 4.74 Å². The van der Waals surface area contributed by atoms with Crippen molar-refractivity contribution in [3.8, 4) is 5.75 Å². The highest BCUT2D eigenvalue weighted by atomic mass is 16.5. The number of aryl methyl sites for hydroxylation is 1. The number of rotatable bonds is 3. The van der Waals surface area contributed by atoms with Gasteiger partial charge < -0.3 is 4.74 Å².